The van der Waals surface area contributed by atoms with Crippen molar-refractivity contribution in [3.63, 3.8) is 0 Å². The van der Waals surface area contributed by atoms with E-state index < -0.39 is 17.4 Å². The third-order valence-electron chi connectivity index (χ3n) is 2.14. The van der Waals surface area contributed by atoms with Crippen LogP contribution in [0.15, 0.2) is 22.7 Å². The van der Waals surface area contributed by atoms with Crippen LogP contribution in [0.1, 0.15) is 24.2 Å². The molecule has 0 aromatic heterocycles. The molecule has 0 radical (unpaired) electrons. The van der Waals surface area contributed by atoms with Crippen LogP contribution in [-0.4, -0.2) is 22.5 Å². The Kier molecular flexibility index (Phi) is 4.16. The second kappa shape index (κ2) is 5.06. The monoisotopic (exact) mass is 319 g/mol. The van der Waals surface area contributed by atoms with Gasteiger partial charge in [-0.2, -0.15) is 0 Å². The molecule has 0 aliphatic carbocycles. The summed E-state index contributed by atoms with van der Waals surface area (Å²) in [6.45, 7) is 2.82. The van der Waals surface area contributed by atoms with Crippen molar-refractivity contribution in [3.05, 3.63) is 33.3 Å². The van der Waals surface area contributed by atoms with Gasteiger partial charge >= 0.3 is 5.97 Å². The van der Waals surface area contributed by atoms with Crippen molar-refractivity contribution in [2.75, 3.05) is 0 Å². The average Bonchev–Trinajstić information content (AvgIpc) is 2.21. The largest absolute Gasteiger partial charge is 0.480 e. The molecule has 92 valence electrons. The normalized spacial score (nSPS) is 11.1. The van der Waals surface area contributed by atoms with Crippen LogP contribution in [0.5, 0.6) is 0 Å². The molecule has 6 heteroatoms. The maximum Gasteiger partial charge on any atom is 0.328 e. The SMILES string of the molecule is CC(C)(NC(=O)c1ccc(Br)c(Cl)c1)C(=O)O. The van der Waals surface area contributed by atoms with E-state index in [-0.39, 0.29) is 0 Å². The third-order valence-corrected chi connectivity index (χ3v) is 3.37. The number of carbonyl (C=O) groups excluding carboxylic acids is 1. The van der Waals surface area contributed by atoms with Crippen molar-refractivity contribution in [1.82, 2.24) is 5.32 Å². The molecule has 1 rings (SSSR count). The first kappa shape index (κ1) is 14.0. The fraction of sp³-hybridized carbons (Fsp3) is 0.273. The molecule has 0 saturated heterocycles. The minimum atomic E-state index is -1.32. The fourth-order valence-electron chi connectivity index (χ4n) is 1.05. The van der Waals surface area contributed by atoms with Crippen LogP contribution in [0.2, 0.25) is 5.02 Å². The van der Waals surface area contributed by atoms with Gasteiger partial charge in [-0.15, -0.1) is 0 Å². The van der Waals surface area contributed by atoms with E-state index in [2.05, 4.69) is 21.2 Å². The number of rotatable bonds is 3. The molecular weight excluding hydrogens is 309 g/mol. The van der Waals surface area contributed by atoms with Crippen molar-refractivity contribution in [2.24, 2.45) is 0 Å². The number of hydrogen-bond acceptors (Lipinski definition) is 2. The number of hydrogen-bond donors (Lipinski definition) is 2. The predicted octanol–water partition coefficient (Wildman–Crippen LogP) is 2.70. The second-order valence-electron chi connectivity index (χ2n) is 4.01. The summed E-state index contributed by atoms with van der Waals surface area (Å²) in [5, 5.41) is 11.7. The van der Waals surface area contributed by atoms with Crippen LogP contribution >= 0.6 is 27.5 Å². The maximum absolute atomic E-state index is 11.8. The Hall–Kier alpha value is -1.07. The lowest BCUT2D eigenvalue weighted by molar-refractivity contribution is -0.143. The lowest BCUT2D eigenvalue weighted by atomic mass is 10.1. The van der Waals surface area contributed by atoms with Crippen LogP contribution in [0, 0.1) is 0 Å². The van der Waals surface area contributed by atoms with Gasteiger partial charge in [0.25, 0.3) is 5.91 Å². The van der Waals surface area contributed by atoms with Crippen molar-refractivity contribution >= 4 is 39.4 Å². The number of halogens is 2. The molecule has 1 aromatic carbocycles. The molecule has 0 bridgehead atoms. The number of carboxylic acid groups (broad SMARTS) is 1. The van der Waals surface area contributed by atoms with E-state index in [0.717, 1.165) is 0 Å². The smallest absolute Gasteiger partial charge is 0.328 e. The molecule has 0 atom stereocenters. The average molecular weight is 321 g/mol. The van der Waals surface area contributed by atoms with Gasteiger partial charge in [-0.3, -0.25) is 4.79 Å². The van der Waals surface area contributed by atoms with E-state index in [0.29, 0.717) is 15.1 Å². The topological polar surface area (TPSA) is 66.4 Å². The maximum atomic E-state index is 11.8. The van der Waals surface area contributed by atoms with Gasteiger partial charge in [0.15, 0.2) is 0 Å². The molecule has 0 fully saturated rings. The molecule has 0 unspecified atom stereocenters. The molecule has 0 aliphatic heterocycles. The summed E-state index contributed by atoms with van der Waals surface area (Å²) >= 11 is 9.05. The highest BCUT2D eigenvalue weighted by Crippen LogP contribution is 2.23. The Bertz CT molecular complexity index is 474. The number of nitrogens with one attached hydrogen (secondary N) is 1. The zero-order valence-electron chi connectivity index (χ0n) is 9.25. The van der Waals surface area contributed by atoms with Crippen LogP contribution in [0.3, 0.4) is 0 Å². The number of carboxylic acids is 1. The number of carbonyl (C=O) groups is 2. The minimum Gasteiger partial charge on any atom is -0.480 e. The molecule has 4 nitrogen and oxygen atoms in total. The highest BCUT2D eigenvalue weighted by molar-refractivity contribution is 9.10. The van der Waals surface area contributed by atoms with Crippen LogP contribution in [0.25, 0.3) is 0 Å². The van der Waals surface area contributed by atoms with Crippen LogP contribution < -0.4 is 5.32 Å². The van der Waals surface area contributed by atoms with Gasteiger partial charge in [0.05, 0.1) is 5.02 Å². The summed E-state index contributed by atoms with van der Waals surface area (Å²) < 4.78 is 0.674. The Morgan fingerprint density at radius 1 is 1.41 bits per heavy atom. The van der Waals surface area contributed by atoms with Crippen LogP contribution in [-0.2, 0) is 4.79 Å². The predicted molar refractivity (Wildman–Crippen MR) is 68.3 cm³/mol. The summed E-state index contributed by atoms with van der Waals surface area (Å²) in [5.41, 5.74) is -1.01. The zero-order chi connectivity index (χ0) is 13.2. The lowest BCUT2D eigenvalue weighted by Crippen LogP contribution is -2.49. The van der Waals surface area contributed by atoms with E-state index in [9.17, 15) is 9.59 Å². The Morgan fingerprint density at radius 3 is 2.47 bits per heavy atom. The van der Waals surface area contributed by atoms with Crippen molar-refractivity contribution in [1.29, 1.82) is 0 Å². The summed E-state index contributed by atoms with van der Waals surface area (Å²) in [7, 11) is 0. The summed E-state index contributed by atoms with van der Waals surface area (Å²) in [4.78, 5) is 22.6. The highest BCUT2D eigenvalue weighted by atomic mass is 79.9. The molecule has 1 aromatic rings. The minimum absolute atomic E-state index is 0.313. The van der Waals surface area contributed by atoms with E-state index in [1.807, 2.05) is 0 Å². The van der Waals surface area contributed by atoms with Gasteiger partial charge in [-0.25, -0.2) is 4.79 Å². The van der Waals surface area contributed by atoms with Crippen molar-refractivity contribution < 1.29 is 14.7 Å². The lowest BCUT2D eigenvalue weighted by Gasteiger charge is -2.21. The fourth-order valence-corrected chi connectivity index (χ4v) is 1.47. The Morgan fingerprint density at radius 2 is 2.00 bits per heavy atom. The quantitative estimate of drug-likeness (QED) is 0.900. The molecule has 17 heavy (non-hydrogen) atoms. The molecular formula is C11H11BrClNO3. The number of benzene rings is 1. The summed E-state index contributed by atoms with van der Waals surface area (Å²) in [6.07, 6.45) is 0. The zero-order valence-corrected chi connectivity index (χ0v) is 11.6. The number of amides is 1. The van der Waals surface area contributed by atoms with E-state index in [1.54, 1.807) is 12.1 Å². The molecule has 0 spiro atoms. The second-order valence-corrected chi connectivity index (χ2v) is 5.27. The first-order chi connectivity index (χ1) is 7.74. The number of aliphatic carboxylic acids is 1. The highest BCUT2D eigenvalue weighted by Gasteiger charge is 2.29. The van der Waals surface area contributed by atoms with Crippen molar-refractivity contribution in [2.45, 2.75) is 19.4 Å². The summed E-state index contributed by atoms with van der Waals surface area (Å²) in [5.74, 6) is -1.58. The first-order valence-corrected chi connectivity index (χ1v) is 5.92. The molecule has 1 amide bonds. The standard InChI is InChI=1S/C11H11BrClNO3/c1-11(2,10(16)17)14-9(15)6-3-4-7(12)8(13)5-6/h3-5H,1-2H3,(H,14,15)(H,16,17). The molecule has 0 heterocycles. The van der Waals surface area contributed by atoms with Crippen molar-refractivity contribution in [3.8, 4) is 0 Å². The van der Waals surface area contributed by atoms with Gasteiger partial charge in [-0.05, 0) is 48.0 Å². The van der Waals surface area contributed by atoms with Gasteiger partial charge in [0, 0.05) is 10.0 Å². The first-order valence-electron chi connectivity index (χ1n) is 4.75. The Balaban J connectivity index is 2.91. The van der Waals surface area contributed by atoms with Gasteiger partial charge in [0.2, 0.25) is 0 Å². The van der Waals surface area contributed by atoms with Gasteiger partial charge < -0.3 is 10.4 Å². The summed E-state index contributed by atoms with van der Waals surface area (Å²) in [6, 6.07) is 4.66. The van der Waals surface area contributed by atoms with E-state index in [1.165, 1.54) is 19.9 Å². The van der Waals surface area contributed by atoms with E-state index >= 15 is 0 Å². The van der Waals surface area contributed by atoms with Gasteiger partial charge in [0.1, 0.15) is 5.54 Å². The Labute approximate surface area is 112 Å². The van der Waals surface area contributed by atoms with Crippen LogP contribution in [0.4, 0.5) is 0 Å². The third kappa shape index (κ3) is 3.44. The van der Waals surface area contributed by atoms with Gasteiger partial charge in [-0.1, -0.05) is 11.6 Å². The molecule has 0 saturated carbocycles. The molecule has 0 aliphatic rings. The van der Waals surface area contributed by atoms with E-state index in [4.69, 9.17) is 16.7 Å². The molecule has 2 N–H and O–H groups in total.